The Labute approximate surface area is 158 Å². The van der Waals surface area contributed by atoms with Crippen LogP contribution in [0.25, 0.3) is 0 Å². The van der Waals surface area contributed by atoms with Gasteiger partial charge in [0.1, 0.15) is 23.3 Å². The molecule has 2 aromatic rings. The van der Waals surface area contributed by atoms with E-state index in [4.69, 9.17) is 11.0 Å². The first kappa shape index (κ1) is 18.4. The molecule has 1 fully saturated rings. The van der Waals surface area contributed by atoms with E-state index in [1.807, 2.05) is 17.0 Å². The molecule has 0 unspecified atom stereocenters. The predicted octanol–water partition coefficient (Wildman–Crippen LogP) is -2.01. The van der Waals surface area contributed by atoms with E-state index in [1.165, 1.54) is 0 Å². The van der Waals surface area contributed by atoms with Crippen LogP contribution in [-0.4, -0.2) is 41.4 Å². The van der Waals surface area contributed by atoms with Crippen molar-refractivity contribution < 1.29 is 4.98 Å². The Balaban J connectivity index is 1.91. The highest BCUT2D eigenvalue weighted by Gasteiger charge is 2.30. The molecule has 0 aromatic carbocycles. The third kappa shape index (κ3) is 3.20. The van der Waals surface area contributed by atoms with Crippen LogP contribution in [0, 0.1) is 34.0 Å². The van der Waals surface area contributed by atoms with Crippen molar-refractivity contribution in [2.75, 3.05) is 41.7 Å². The average Bonchev–Trinajstić information content (AvgIpc) is 2.68. The summed E-state index contributed by atoms with van der Waals surface area (Å²) in [5, 5.41) is 33.9. The average molecular weight is 379 g/mol. The second kappa shape index (κ2) is 7.48. The Hall–Kier alpha value is -4.37. The number of hydrogen-bond donors (Lipinski definition) is 3. The van der Waals surface area contributed by atoms with Crippen molar-refractivity contribution in [3.05, 3.63) is 37.5 Å². The number of aromatic nitrogens is 4. The highest BCUT2D eigenvalue weighted by molar-refractivity contribution is 5.64. The van der Waals surface area contributed by atoms with Gasteiger partial charge in [0.15, 0.2) is 0 Å². The van der Waals surface area contributed by atoms with Crippen molar-refractivity contribution in [2.45, 2.75) is 6.42 Å². The molecule has 2 aromatic heterocycles. The maximum atomic E-state index is 11.9. The van der Waals surface area contributed by atoms with Crippen LogP contribution in [0.2, 0.25) is 0 Å². The Morgan fingerprint density at radius 1 is 1.07 bits per heavy atom. The summed E-state index contributed by atoms with van der Waals surface area (Å²) >= 11 is 0. The smallest absolute Gasteiger partial charge is 0.342 e. The van der Waals surface area contributed by atoms with Gasteiger partial charge in [0.05, 0.1) is 38.7 Å². The standard InChI is InChI=1S/C16H14N10O2/c17-2-1-9-10(7-18)12(20)21-13(11(9)8-19)25-3-5-26(6-4-25)14-15(27)22-16(28)24-23-14/h1,3-6H2,(H2,20,21)(H2,22,24,27,28)/p+1. The van der Waals surface area contributed by atoms with Crippen LogP contribution in [-0.2, 0) is 6.42 Å². The van der Waals surface area contributed by atoms with Gasteiger partial charge in [0, 0.05) is 5.56 Å². The summed E-state index contributed by atoms with van der Waals surface area (Å²) in [5.41, 5.74) is 5.23. The van der Waals surface area contributed by atoms with Gasteiger partial charge in [0.2, 0.25) is 17.5 Å². The van der Waals surface area contributed by atoms with Crippen LogP contribution in [0.1, 0.15) is 16.7 Å². The van der Waals surface area contributed by atoms with Crippen LogP contribution in [0.15, 0.2) is 9.59 Å². The molecule has 3 rings (SSSR count). The summed E-state index contributed by atoms with van der Waals surface area (Å²) in [6.07, 6.45) is -0.117. The summed E-state index contributed by atoms with van der Waals surface area (Å²) in [6, 6.07) is 5.94. The lowest BCUT2D eigenvalue weighted by Gasteiger charge is -2.32. The molecule has 0 atom stereocenters. The van der Waals surface area contributed by atoms with Crippen LogP contribution >= 0.6 is 0 Å². The van der Waals surface area contributed by atoms with Crippen molar-refractivity contribution >= 4 is 17.5 Å². The lowest BCUT2D eigenvalue weighted by molar-refractivity contribution is -0.347. The van der Waals surface area contributed by atoms with E-state index in [0.717, 1.165) is 0 Å². The molecule has 0 bridgehead atoms. The quantitative estimate of drug-likeness (QED) is 0.539. The van der Waals surface area contributed by atoms with Gasteiger partial charge in [-0.1, -0.05) is 0 Å². The van der Waals surface area contributed by atoms with Gasteiger partial charge in [-0.3, -0.25) is 14.7 Å². The molecule has 0 aliphatic carbocycles. The molecule has 28 heavy (non-hydrogen) atoms. The molecular formula is C16H15N10O2+. The van der Waals surface area contributed by atoms with Crippen LogP contribution in [0.5, 0.6) is 0 Å². The van der Waals surface area contributed by atoms with Crippen LogP contribution < -0.4 is 31.8 Å². The summed E-state index contributed by atoms with van der Waals surface area (Å²) in [4.78, 5) is 31.6. The molecule has 0 radical (unpaired) electrons. The summed E-state index contributed by atoms with van der Waals surface area (Å²) < 4.78 is 0. The van der Waals surface area contributed by atoms with Crippen LogP contribution in [0.3, 0.4) is 0 Å². The maximum absolute atomic E-state index is 11.9. The van der Waals surface area contributed by atoms with Crippen LogP contribution in [0.4, 0.5) is 17.5 Å². The van der Waals surface area contributed by atoms with Gasteiger partial charge in [-0.05, 0) is 0 Å². The zero-order valence-corrected chi connectivity index (χ0v) is 14.6. The van der Waals surface area contributed by atoms with E-state index < -0.39 is 11.2 Å². The molecule has 1 aliphatic heterocycles. The summed E-state index contributed by atoms with van der Waals surface area (Å²) in [6.45, 7) is 1.63. The lowest BCUT2D eigenvalue weighted by Crippen LogP contribution is -2.50. The molecule has 140 valence electrons. The van der Waals surface area contributed by atoms with Crippen molar-refractivity contribution in [1.29, 1.82) is 15.8 Å². The summed E-state index contributed by atoms with van der Waals surface area (Å²) in [7, 11) is 0. The van der Waals surface area contributed by atoms with Gasteiger partial charge >= 0.3 is 5.69 Å². The molecule has 12 nitrogen and oxygen atoms in total. The Morgan fingerprint density at radius 2 is 1.71 bits per heavy atom. The van der Waals surface area contributed by atoms with E-state index in [2.05, 4.69) is 26.2 Å². The number of nitrogen functional groups attached to an aromatic ring is 1. The van der Waals surface area contributed by atoms with E-state index in [0.29, 0.717) is 37.6 Å². The number of hydrogen-bond acceptors (Lipinski definition) is 9. The third-order valence-electron chi connectivity index (χ3n) is 4.43. The highest BCUT2D eigenvalue weighted by Crippen LogP contribution is 2.25. The molecule has 0 spiro atoms. The number of nitrogens with two attached hydrogens (primary N) is 1. The fourth-order valence-electron chi connectivity index (χ4n) is 3.12. The van der Waals surface area contributed by atoms with Gasteiger partial charge in [-0.15, -0.1) is 5.10 Å². The molecule has 0 amide bonds. The Kier molecular flexibility index (Phi) is 4.92. The normalized spacial score (nSPS) is 13.5. The topological polar surface area (TPSA) is 197 Å². The number of H-pyrrole nitrogens is 3. The zero-order chi connectivity index (χ0) is 20.3. The molecule has 0 saturated carbocycles. The lowest BCUT2D eigenvalue weighted by atomic mass is 10.0. The first-order chi connectivity index (χ1) is 13.5. The largest absolute Gasteiger partial charge is 0.344 e. The van der Waals surface area contributed by atoms with E-state index in [1.54, 1.807) is 4.90 Å². The number of nitrogens with zero attached hydrogens (tertiary/aromatic N) is 6. The number of anilines is 3. The number of pyridine rings is 1. The maximum Gasteiger partial charge on any atom is 0.342 e. The number of rotatable bonds is 3. The van der Waals surface area contributed by atoms with Crippen molar-refractivity contribution in [3.63, 3.8) is 0 Å². The van der Waals surface area contributed by atoms with Gasteiger partial charge in [-0.25, -0.2) is 14.9 Å². The molecule has 12 heteroatoms. The second-order valence-corrected chi connectivity index (χ2v) is 5.98. The predicted molar refractivity (Wildman–Crippen MR) is 96.1 cm³/mol. The SMILES string of the molecule is N#CCc1c(C#N)c(N)[nH+]c(N2CCN(c3n[nH]c(=O)[nH]c3=O)CC2)c1C#N. The van der Waals surface area contributed by atoms with Gasteiger partial charge in [0.25, 0.3) is 5.56 Å². The molecule has 1 aliphatic rings. The second-order valence-electron chi connectivity index (χ2n) is 5.98. The minimum absolute atomic E-state index is 0.0860. The zero-order valence-electron chi connectivity index (χ0n) is 14.6. The van der Waals surface area contributed by atoms with E-state index in [-0.39, 0.29) is 29.2 Å². The Bertz CT molecular complexity index is 1150. The highest BCUT2D eigenvalue weighted by atomic mass is 16.2. The molecule has 3 heterocycles. The number of piperazine rings is 1. The third-order valence-corrected chi connectivity index (χ3v) is 4.43. The van der Waals surface area contributed by atoms with Gasteiger partial charge in [-0.2, -0.15) is 15.8 Å². The van der Waals surface area contributed by atoms with E-state index in [9.17, 15) is 20.1 Å². The fourth-order valence-corrected chi connectivity index (χ4v) is 3.12. The summed E-state index contributed by atoms with van der Waals surface area (Å²) in [5.74, 6) is 0.614. The minimum Gasteiger partial charge on any atom is -0.344 e. The number of nitriles is 3. The number of aromatic amines is 3. The fraction of sp³-hybridized carbons (Fsp3) is 0.312. The first-order valence-corrected chi connectivity index (χ1v) is 8.23. The molecule has 5 N–H and O–H groups in total. The van der Waals surface area contributed by atoms with E-state index >= 15 is 0 Å². The van der Waals surface area contributed by atoms with Gasteiger partial charge < -0.3 is 10.6 Å². The first-order valence-electron chi connectivity index (χ1n) is 8.23. The van der Waals surface area contributed by atoms with Crippen molar-refractivity contribution in [3.8, 4) is 18.2 Å². The van der Waals surface area contributed by atoms with Crippen molar-refractivity contribution in [2.24, 2.45) is 0 Å². The van der Waals surface area contributed by atoms with Crippen molar-refractivity contribution in [1.82, 2.24) is 15.2 Å². The Morgan fingerprint density at radius 3 is 2.29 bits per heavy atom. The monoisotopic (exact) mass is 379 g/mol. The molecular weight excluding hydrogens is 364 g/mol. The minimum atomic E-state index is -0.682. The molecule has 1 saturated heterocycles. The number of nitrogens with one attached hydrogen (secondary N) is 3.